The Hall–Kier alpha value is -4.29. The number of halogens is 2. The molecule has 0 fully saturated rings. The summed E-state index contributed by atoms with van der Waals surface area (Å²) in [4.78, 5) is 26.6. The normalized spacial score (nSPS) is 12.4. The minimum absolute atomic E-state index is 0. The predicted molar refractivity (Wildman–Crippen MR) is 171 cm³/mol. The Morgan fingerprint density at radius 2 is 1.38 bits per heavy atom. The van der Waals surface area contributed by atoms with Crippen molar-refractivity contribution in [1.29, 1.82) is 0 Å². The van der Waals surface area contributed by atoms with Crippen molar-refractivity contribution < 1.29 is 31.5 Å². The monoisotopic (exact) mass is 677 g/mol. The molecule has 228 valence electrons. The quantitative estimate of drug-likeness (QED) is 0.0943. The van der Waals surface area contributed by atoms with Crippen LogP contribution in [-0.2, 0) is 34.1 Å². The molecule has 6 nitrogen and oxygen atoms in total. The second-order valence-electron chi connectivity index (χ2n) is 10.3. The van der Waals surface area contributed by atoms with Crippen LogP contribution >= 0.6 is 23.2 Å². The van der Waals surface area contributed by atoms with Gasteiger partial charge in [-0.1, -0.05) is 102 Å². The minimum atomic E-state index is -1.57. The number of aliphatic imine (C=N–C) groups is 2. The van der Waals surface area contributed by atoms with Gasteiger partial charge in [0.15, 0.2) is 0 Å². The summed E-state index contributed by atoms with van der Waals surface area (Å²) in [6.07, 6.45) is 3.12. The van der Waals surface area contributed by atoms with Gasteiger partial charge >= 0.3 is 16.5 Å². The molecule has 0 aliphatic carbocycles. The van der Waals surface area contributed by atoms with E-state index in [2.05, 4.69) is 9.98 Å². The summed E-state index contributed by atoms with van der Waals surface area (Å²) in [5.41, 5.74) is 1.87. The standard InChI is InChI=1S/C36H29Cl2N3O3.Ni/c37-28-14-8-10-25(20-28)22-36(35(43)44,23-26-11-9-15-29(38)21-26)24-40-33(27-12-2-1-3-13-27)30-16-4-5-17-31(30)41-34(42)32-18-6-7-19-39-32;/h1-21,24,33H,22-23H2,(H,41,42)(H,43,44);/q;+2/p-2. The van der Waals surface area contributed by atoms with Gasteiger partial charge in [-0.3, -0.25) is 15.0 Å². The van der Waals surface area contributed by atoms with Crippen LogP contribution in [0, 0.1) is 5.41 Å². The molecular formula is C36H27Cl2N3NiO3. The summed E-state index contributed by atoms with van der Waals surface area (Å²) in [6.45, 7) is 0. The van der Waals surface area contributed by atoms with Crippen LogP contribution in [0.3, 0.4) is 0 Å². The van der Waals surface area contributed by atoms with Crippen LogP contribution < -0.4 is 10.2 Å². The van der Waals surface area contributed by atoms with Gasteiger partial charge in [0, 0.05) is 33.9 Å². The van der Waals surface area contributed by atoms with E-state index in [-0.39, 0.29) is 35.0 Å². The Kier molecular flexibility index (Phi) is 11.7. The zero-order chi connectivity index (χ0) is 30.9. The van der Waals surface area contributed by atoms with Crippen molar-refractivity contribution in [2.45, 2.75) is 18.9 Å². The molecule has 0 radical (unpaired) electrons. The molecule has 5 aromatic rings. The van der Waals surface area contributed by atoms with E-state index in [1.165, 1.54) is 12.4 Å². The fourth-order valence-corrected chi connectivity index (χ4v) is 5.47. The predicted octanol–water partition coefficient (Wildman–Crippen LogP) is 6.21. The Morgan fingerprint density at radius 3 is 1.96 bits per heavy atom. The number of aromatic nitrogens is 1. The summed E-state index contributed by atoms with van der Waals surface area (Å²) >= 11 is 12.5. The number of hydrogen-bond donors (Lipinski definition) is 0. The fraction of sp³-hybridized carbons (Fsp3) is 0.111. The third-order valence-corrected chi connectivity index (χ3v) is 7.62. The van der Waals surface area contributed by atoms with Gasteiger partial charge in [-0.15, -0.1) is 0 Å². The molecule has 0 aliphatic heterocycles. The van der Waals surface area contributed by atoms with E-state index in [9.17, 15) is 15.0 Å². The first-order valence-corrected chi connectivity index (χ1v) is 14.6. The second kappa shape index (κ2) is 15.6. The third kappa shape index (κ3) is 8.67. The summed E-state index contributed by atoms with van der Waals surface area (Å²) in [6, 6.07) is 35.1. The summed E-state index contributed by atoms with van der Waals surface area (Å²) in [7, 11) is 0. The fourth-order valence-electron chi connectivity index (χ4n) is 5.05. The van der Waals surface area contributed by atoms with Gasteiger partial charge in [0.1, 0.15) is 6.04 Å². The van der Waals surface area contributed by atoms with E-state index in [0.29, 0.717) is 32.4 Å². The van der Waals surface area contributed by atoms with E-state index in [0.717, 1.165) is 5.56 Å². The first kappa shape index (κ1) is 33.6. The average Bonchev–Trinajstić information content (AvgIpc) is 3.02. The van der Waals surface area contributed by atoms with Crippen LogP contribution in [-0.4, -0.2) is 23.1 Å². The number of rotatable bonds is 11. The number of aliphatic carboxylic acids is 1. The molecule has 0 spiro atoms. The molecule has 1 unspecified atom stereocenters. The van der Waals surface area contributed by atoms with Gasteiger partial charge in [-0.2, -0.15) is 0 Å². The molecule has 4 aromatic carbocycles. The zero-order valence-electron chi connectivity index (χ0n) is 23.8. The van der Waals surface area contributed by atoms with Crippen molar-refractivity contribution >= 4 is 47.0 Å². The number of pyridine rings is 1. The number of nitrogens with zero attached hydrogens (tertiary/aromatic N) is 3. The average molecular weight is 679 g/mol. The molecular weight excluding hydrogens is 652 g/mol. The minimum Gasteiger partial charge on any atom is -0.857 e. The Bertz CT molecular complexity index is 1750. The van der Waals surface area contributed by atoms with Crippen molar-refractivity contribution in [3.05, 3.63) is 166 Å². The molecule has 0 bridgehead atoms. The maximum absolute atomic E-state index is 13.1. The van der Waals surface area contributed by atoms with Crippen LogP contribution in [0.5, 0.6) is 0 Å². The van der Waals surface area contributed by atoms with E-state index in [1.54, 1.807) is 66.7 Å². The summed E-state index contributed by atoms with van der Waals surface area (Å²) in [5, 5.41) is 27.1. The van der Waals surface area contributed by atoms with Crippen molar-refractivity contribution in [2.75, 3.05) is 0 Å². The van der Waals surface area contributed by atoms with Gasteiger partial charge in [0.05, 0.1) is 22.8 Å². The van der Waals surface area contributed by atoms with Crippen LogP contribution in [0.4, 0.5) is 5.69 Å². The number of hydrogen-bond acceptors (Lipinski definition) is 6. The van der Waals surface area contributed by atoms with Crippen molar-refractivity contribution in [2.24, 2.45) is 15.4 Å². The van der Waals surface area contributed by atoms with Gasteiger partial charge in [-0.25, -0.2) is 0 Å². The molecule has 45 heavy (non-hydrogen) atoms. The molecule has 1 atom stereocenters. The van der Waals surface area contributed by atoms with E-state index >= 15 is 0 Å². The summed E-state index contributed by atoms with van der Waals surface area (Å²) < 4.78 is 0. The summed E-state index contributed by atoms with van der Waals surface area (Å²) in [5.74, 6) is -1.80. The van der Waals surface area contributed by atoms with Gasteiger partial charge in [0.25, 0.3) is 0 Å². The smallest absolute Gasteiger partial charge is 0.857 e. The number of benzene rings is 4. The number of carboxylic acid groups (broad SMARTS) is 1. The van der Waals surface area contributed by atoms with Crippen molar-refractivity contribution in [1.82, 2.24) is 4.98 Å². The van der Waals surface area contributed by atoms with Crippen LogP contribution in [0.15, 0.2) is 138 Å². The van der Waals surface area contributed by atoms with Gasteiger partial charge in [0.2, 0.25) is 0 Å². The maximum Gasteiger partial charge on any atom is 2.00 e. The van der Waals surface area contributed by atoms with Crippen LogP contribution in [0.25, 0.3) is 0 Å². The molecule has 1 aromatic heterocycles. The Morgan fingerprint density at radius 1 is 0.778 bits per heavy atom. The molecule has 0 amide bonds. The van der Waals surface area contributed by atoms with Gasteiger partial charge < -0.3 is 15.0 Å². The van der Waals surface area contributed by atoms with Gasteiger partial charge in [-0.05, 0) is 72.0 Å². The molecule has 5 rings (SSSR count). The molecule has 9 heteroatoms. The number of carbonyl (C=O) groups excluding carboxylic acids is 1. The Labute approximate surface area is 282 Å². The molecule has 0 N–H and O–H groups in total. The first-order valence-electron chi connectivity index (χ1n) is 13.9. The van der Waals surface area contributed by atoms with Crippen LogP contribution in [0.1, 0.15) is 34.0 Å². The van der Waals surface area contributed by atoms with E-state index < -0.39 is 23.3 Å². The van der Waals surface area contributed by atoms with Crippen molar-refractivity contribution in [3.63, 3.8) is 0 Å². The Balaban J connectivity index is 0.00000461. The number of para-hydroxylation sites is 1. The largest absolute Gasteiger partial charge is 2.00 e. The SMILES string of the molecule is O=C([O-])C(C=NC(c1ccccc1)c1ccccc1N=C([O-])c1ccccn1)(Cc1cccc(Cl)c1)Cc1cccc(Cl)c1.[Ni+2]. The first-order chi connectivity index (χ1) is 21.3. The topological polar surface area (TPSA) is 101 Å². The maximum atomic E-state index is 13.1. The second-order valence-corrected chi connectivity index (χ2v) is 11.2. The zero-order valence-corrected chi connectivity index (χ0v) is 26.3. The number of carboxylic acids is 1. The molecule has 1 heterocycles. The molecule has 0 saturated heterocycles. The van der Waals surface area contributed by atoms with E-state index in [4.69, 9.17) is 28.2 Å². The third-order valence-electron chi connectivity index (χ3n) is 7.15. The van der Waals surface area contributed by atoms with E-state index in [1.807, 2.05) is 54.6 Å². The molecule has 0 saturated carbocycles. The number of carbonyl (C=O) groups is 1. The van der Waals surface area contributed by atoms with Crippen LogP contribution in [0.2, 0.25) is 10.0 Å². The molecule has 0 aliphatic rings. The van der Waals surface area contributed by atoms with Crippen molar-refractivity contribution in [3.8, 4) is 0 Å².